The van der Waals surface area contributed by atoms with Gasteiger partial charge in [-0.1, -0.05) is 46.9 Å². The van der Waals surface area contributed by atoms with Crippen LogP contribution in [-0.4, -0.2) is 191 Å². The highest BCUT2D eigenvalue weighted by molar-refractivity contribution is 6.33. The van der Waals surface area contributed by atoms with Gasteiger partial charge in [-0.05, 0) is 84.4 Å². The molecule has 0 radical (unpaired) electrons. The summed E-state index contributed by atoms with van der Waals surface area (Å²) in [6.07, 6.45) is -4.54. The molecule has 20 nitrogen and oxygen atoms in total. The summed E-state index contributed by atoms with van der Waals surface area (Å²) in [6.45, 7) is 29.9. The number of nitrogens with one attached hydrogen (secondary N) is 2. The maximum atomic E-state index is 13.2. The summed E-state index contributed by atoms with van der Waals surface area (Å²) in [5.74, 6) is 2.87. The molecule has 0 bridgehead atoms. The number of morpholine rings is 6. The number of rotatable bonds is 8. The Balaban J connectivity index is 0.000000172. The molecule has 9 heterocycles. The van der Waals surface area contributed by atoms with Gasteiger partial charge in [-0.25, -0.2) is 19.9 Å². The summed E-state index contributed by atoms with van der Waals surface area (Å²) in [5.41, 5.74) is 1.46. The summed E-state index contributed by atoms with van der Waals surface area (Å²) < 4.78 is 72.6. The molecule has 6 saturated heterocycles. The van der Waals surface area contributed by atoms with E-state index in [0.29, 0.717) is 124 Å². The molecule has 6 fully saturated rings. The van der Waals surface area contributed by atoms with Crippen molar-refractivity contribution in [2.45, 2.75) is 71.4 Å². The van der Waals surface area contributed by atoms with Gasteiger partial charge >= 0.3 is 6.18 Å². The van der Waals surface area contributed by atoms with Crippen molar-refractivity contribution in [3.63, 3.8) is 0 Å². The van der Waals surface area contributed by atoms with Gasteiger partial charge in [0.25, 0.3) is 5.91 Å². The van der Waals surface area contributed by atoms with Crippen LogP contribution in [0.15, 0.2) is 60.7 Å². The van der Waals surface area contributed by atoms with Crippen LogP contribution >= 0.6 is 34.8 Å². The van der Waals surface area contributed by atoms with E-state index in [9.17, 15) is 18.0 Å². The van der Waals surface area contributed by atoms with Gasteiger partial charge in [0.1, 0.15) is 27.1 Å². The van der Waals surface area contributed by atoms with Crippen molar-refractivity contribution in [2.24, 2.45) is 0 Å². The number of anilines is 6. The average molecular weight is 1220 g/mol. The van der Waals surface area contributed by atoms with Gasteiger partial charge in [0, 0.05) is 114 Å². The first-order chi connectivity index (χ1) is 39.5. The van der Waals surface area contributed by atoms with Crippen molar-refractivity contribution in [2.75, 3.05) is 168 Å². The van der Waals surface area contributed by atoms with Gasteiger partial charge in [-0.2, -0.15) is 23.1 Å². The molecule has 5 aromatic rings. The number of benzene rings is 2. The van der Waals surface area contributed by atoms with E-state index in [-0.39, 0.29) is 22.4 Å². The zero-order valence-corrected chi connectivity index (χ0v) is 50.4. The lowest BCUT2D eigenvalue weighted by molar-refractivity contribution is -0.137. The minimum absolute atomic E-state index is 0.0677. The molecule has 83 heavy (non-hydrogen) atoms. The molecular weight excluding hydrogens is 1140 g/mol. The van der Waals surface area contributed by atoms with Gasteiger partial charge in [0.05, 0.1) is 87.5 Å². The van der Waals surface area contributed by atoms with Gasteiger partial charge in [-0.15, -0.1) is 0 Å². The second kappa shape index (κ2) is 28.6. The third-order valence-electron chi connectivity index (χ3n) is 13.9. The summed E-state index contributed by atoms with van der Waals surface area (Å²) >= 11 is 17.7. The molecule has 0 saturated carbocycles. The molecule has 6 aliphatic heterocycles. The van der Waals surface area contributed by atoms with Gasteiger partial charge < -0.3 is 63.6 Å². The molecule has 11 rings (SSSR count). The van der Waals surface area contributed by atoms with Crippen LogP contribution in [0, 0.1) is 6.92 Å². The van der Waals surface area contributed by atoms with E-state index < -0.39 is 17.6 Å². The van der Waals surface area contributed by atoms with Crippen LogP contribution in [0.3, 0.4) is 0 Å². The summed E-state index contributed by atoms with van der Waals surface area (Å²) in [5, 5.41) is 7.20. The molecular formula is C57H75Cl3F3N13O7. The Morgan fingerprint density at radius 2 is 1.02 bits per heavy atom. The van der Waals surface area contributed by atoms with Crippen LogP contribution in [-0.2, 0) is 34.6 Å². The van der Waals surface area contributed by atoms with E-state index in [0.717, 1.165) is 93.9 Å². The maximum absolute atomic E-state index is 13.2. The smallest absolute Gasteiger partial charge is 0.378 e. The quantitative estimate of drug-likeness (QED) is 0.140. The fraction of sp³-hybridized carbons (Fsp3) is 0.561. The Hall–Kier alpha value is -5.47. The molecule has 0 aliphatic carbocycles. The fourth-order valence-electron chi connectivity index (χ4n) is 9.65. The van der Waals surface area contributed by atoms with E-state index in [1.54, 1.807) is 12.1 Å². The molecule has 452 valence electrons. The van der Waals surface area contributed by atoms with Crippen molar-refractivity contribution in [3.05, 3.63) is 92.8 Å². The lowest BCUT2D eigenvalue weighted by Crippen LogP contribution is -2.48. The molecule has 6 aliphatic rings. The first-order valence-electron chi connectivity index (χ1n) is 27.8. The largest absolute Gasteiger partial charge is 0.416 e. The number of hydrogen-bond acceptors (Lipinski definition) is 19. The van der Waals surface area contributed by atoms with E-state index in [4.69, 9.17) is 78.2 Å². The van der Waals surface area contributed by atoms with E-state index in [1.807, 2.05) is 43.9 Å². The first-order valence-corrected chi connectivity index (χ1v) is 29.0. The number of hydrogen-bond donors (Lipinski definition) is 2. The molecule has 2 N–H and O–H groups in total. The van der Waals surface area contributed by atoms with E-state index in [1.165, 1.54) is 18.2 Å². The first kappa shape index (κ1) is 63.5. The van der Waals surface area contributed by atoms with Crippen LogP contribution in [0.5, 0.6) is 0 Å². The molecule has 1 amide bonds. The van der Waals surface area contributed by atoms with Crippen LogP contribution < -0.4 is 35.1 Å². The number of ether oxygens (including phenoxy) is 6. The Morgan fingerprint density at radius 3 is 1.49 bits per heavy atom. The zero-order valence-electron chi connectivity index (χ0n) is 48.2. The minimum atomic E-state index is -4.54. The third kappa shape index (κ3) is 19.0. The highest BCUT2D eigenvalue weighted by atomic mass is 35.5. The lowest BCUT2D eigenvalue weighted by atomic mass is 10.0. The summed E-state index contributed by atoms with van der Waals surface area (Å²) in [7, 11) is 0. The van der Waals surface area contributed by atoms with Crippen LogP contribution in [0.2, 0.25) is 15.5 Å². The minimum Gasteiger partial charge on any atom is -0.378 e. The van der Waals surface area contributed by atoms with Crippen molar-refractivity contribution < 1.29 is 46.4 Å². The Morgan fingerprint density at radius 1 is 0.554 bits per heavy atom. The van der Waals surface area contributed by atoms with E-state index in [2.05, 4.69) is 72.9 Å². The summed E-state index contributed by atoms with van der Waals surface area (Å²) in [6, 6.07) is 15.0. The number of carbonyl (C=O) groups excluding carboxylic acids is 1. The van der Waals surface area contributed by atoms with Crippen molar-refractivity contribution in [3.8, 4) is 11.3 Å². The standard InChI is InChI=1S/C29H32F3N5O3.C14H21ClN4O2.C8H9Cl2N3O.C6H13NO/c1-19-7-8-22(33-26(38)20-5-4-6-21(15-20)29(30,31)32)16-23(19)24-17-25(37-11-14-40-28(2,3)18-37)35-27(34-24)36-9-12-39-13-10-36;1-14(2)10-19(5-8-21-14)12-9-11(15)16-13(17-12)18-3-6-20-7-4-18;9-6-5-7(10)12-8(11-6)13-1-3-14-4-2-13;1-6(2)5-7-3-4-8-6/h4-8,15-17H,9-14,18H2,1-3H3,(H,33,38);9H,3-8,10H2,1-2H3;5H,1-4H2;7H,3-5H2,1-2H3. The number of halogens is 6. The average Bonchev–Trinajstić information content (AvgIpc) is 3.61. The fourth-order valence-corrected chi connectivity index (χ4v) is 10.2. The van der Waals surface area contributed by atoms with Gasteiger partial charge in [0.2, 0.25) is 17.8 Å². The number of nitrogens with zero attached hydrogens (tertiary/aromatic N) is 11. The molecule has 3 aromatic heterocycles. The molecule has 0 spiro atoms. The monoisotopic (exact) mass is 1220 g/mol. The van der Waals surface area contributed by atoms with Crippen molar-refractivity contribution in [1.29, 1.82) is 0 Å². The number of alkyl halides is 3. The van der Waals surface area contributed by atoms with Crippen LogP contribution in [0.25, 0.3) is 11.3 Å². The zero-order chi connectivity index (χ0) is 59.4. The van der Waals surface area contributed by atoms with Crippen molar-refractivity contribution >= 4 is 75.9 Å². The number of amides is 1. The van der Waals surface area contributed by atoms with Crippen molar-refractivity contribution in [1.82, 2.24) is 35.2 Å². The van der Waals surface area contributed by atoms with E-state index >= 15 is 0 Å². The number of carbonyl (C=O) groups is 1. The molecule has 0 unspecified atom stereocenters. The predicted octanol–water partition coefficient (Wildman–Crippen LogP) is 8.76. The molecule has 0 atom stereocenters. The highest BCUT2D eigenvalue weighted by Gasteiger charge is 2.33. The van der Waals surface area contributed by atoms with Gasteiger partial charge in [0.15, 0.2) is 0 Å². The topological polar surface area (TPSA) is 190 Å². The van der Waals surface area contributed by atoms with Gasteiger partial charge in [-0.3, -0.25) is 4.79 Å². The second-order valence-electron chi connectivity index (χ2n) is 22.3. The Bertz CT molecular complexity index is 2920. The Kier molecular flexibility index (Phi) is 21.9. The second-order valence-corrected chi connectivity index (χ2v) is 23.4. The lowest BCUT2D eigenvalue weighted by Gasteiger charge is -2.39. The normalized spacial score (nSPS) is 19.7. The number of aromatic nitrogens is 6. The Labute approximate surface area is 498 Å². The third-order valence-corrected chi connectivity index (χ3v) is 14.5. The summed E-state index contributed by atoms with van der Waals surface area (Å²) in [4.78, 5) is 50.5. The SMILES string of the molecule is CC1(C)CN(c2cc(Cl)nc(N3CCOCC3)n2)CCO1.CC1(C)CNCCO1.Cc1ccc(NC(=O)c2cccc(C(F)(F)F)c2)cc1-c1cc(N2CCOC(C)(C)C2)nc(N2CCOCC2)n1.Clc1cc(Cl)nc(N2CCOCC2)n1. The molecule has 26 heteroatoms. The van der Waals surface area contributed by atoms with Crippen LogP contribution in [0.1, 0.15) is 63.0 Å². The maximum Gasteiger partial charge on any atom is 0.416 e. The van der Waals surface area contributed by atoms with Crippen LogP contribution in [0.4, 0.5) is 48.3 Å². The highest BCUT2D eigenvalue weighted by Crippen LogP contribution is 2.34. The molecule has 2 aromatic carbocycles. The predicted molar refractivity (Wildman–Crippen MR) is 317 cm³/mol. The number of aryl methyl sites for hydroxylation is 1.